The molecular formula is C21H20N4O2S2. The normalized spacial score (nSPS) is 11.2. The fourth-order valence-electron chi connectivity index (χ4n) is 3.08. The van der Waals surface area contributed by atoms with Crippen molar-refractivity contribution in [3.05, 3.63) is 81.5 Å². The summed E-state index contributed by atoms with van der Waals surface area (Å²) in [4.78, 5) is 32.1. The van der Waals surface area contributed by atoms with E-state index >= 15 is 0 Å². The quantitative estimate of drug-likeness (QED) is 0.444. The number of hydrogen-bond donors (Lipinski definition) is 0. The lowest BCUT2D eigenvalue weighted by Gasteiger charge is -2.09. The zero-order valence-corrected chi connectivity index (χ0v) is 17.7. The third-order valence-electron chi connectivity index (χ3n) is 4.59. The van der Waals surface area contributed by atoms with Gasteiger partial charge in [-0.3, -0.25) is 13.9 Å². The van der Waals surface area contributed by atoms with Crippen molar-refractivity contribution in [2.45, 2.75) is 21.5 Å². The lowest BCUT2D eigenvalue weighted by molar-refractivity contribution is 0.688. The first-order chi connectivity index (χ1) is 14.1. The maximum Gasteiger partial charge on any atom is 0.332 e. The Balaban J connectivity index is 1.77. The fourth-order valence-corrected chi connectivity index (χ4v) is 4.87. The van der Waals surface area contributed by atoms with Crippen LogP contribution < -0.4 is 11.2 Å². The maximum atomic E-state index is 12.9. The number of imidazole rings is 1. The molecule has 29 heavy (non-hydrogen) atoms. The molecule has 0 aliphatic heterocycles. The molecular weight excluding hydrogens is 404 g/mol. The van der Waals surface area contributed by atoms with Gasteiger partial charge in [0.15, 0.2) is 16.3 Å². The zero-order chi connectivity index (χ0) is 20.4. The summed E-state index contributed by atoms with van der Waals surface area (Å²) in [6, 6.07) is 20.1. The zero-order valence-electron chi connectivity index (χ0n) is 16.1. The van der Waals surface area contributed by atoms with E-state index in [1.807, 2.05) is 53.1 Å². The number of rotatable bonds is 6. The molecule has 0 aliphatic carbocycles. The average molecular weight is 425 g/mol. The van der Waals surface area contributed by atoms with E-state index in [9.17, 15) is 9.59 Å². The summed E-state index contributed by atoms with van der Waals surface area (Å²) < 4.78 is 4.51. The standard InChI is InChI=1S/C21H20N4O2S2/c1-23-18-17(19(26)24(2)21(23)27)25(13-14-28-15-9-5-3-6-10-15)20(22-18)29-16-11-7-4-8-12-16/h3-12H,13-14H2,1-2H3. The Morgan fingerprint density at radius 1 is 0.862 bits per heavy atom. The predicted octanol–water partition coefficient (Wildman–Crippen LogP) is 3.38. The molecule has 0 saturated heterocycles. The van der Waals surface area contributed by atoms with Gasteiger partial charge in [0.1, 0.15) is 0 Å². The summed E-state index contributed by atoms with van der Waals surface area (Å²) in [7, 11) is 3.15. The second-order valence-electron chi connectivity index (χ2n) is 6.50. The number of aromatic nitrogens is 4. The van der Waals surface area contributed by atoms with Gasteiger partial charge in [-0.2, -0.15) is 0 Å². The van der Waals surface area contributed by atoms with Crippen molar-refractivity contribution in [1.29, 1.82) is 0 Å². The van der Waals surface area contributed by atoms with Crippen molar-refractivity contribution in [2.75, 3.05) is 5.75 Å². The van der Waals surface area contributed by atoms with E-state index in [1.54, 1.807) is 18.8 Å². The lowest BCUT2D eigenvalue weighted by Crippen LogP contribution is -2.37. The minimum Gasteiger partial charge on any atom is -0.312 e. The van der Waals surface area contributed by atoms with Crippen LogP contribution >= 0.6 is 23.5 Å². The van der Waals surface area contributed by atoms with Gasteiger partial charge in [0.2, 0.25) is 0 Å². The van der Waals surface area contributed by atoms with Gasteiger partial charge in [-0.25, -0.2) is 9.78 Å². The third kappa shape index (κ3) is 3.90. The van der Waals surface area contributed by atoms with Crippen LogP contribution in [-0.2, 0) is 20.6 Å². The van der Waals surface area contributed by atoms with Crippen LogP contribution in [0.1, 0.15) is 0 Å². The molecule has 4 rings (SSSR count). The molecule has 0 unspecified atom stereocenters. The lowest BCUT2D eigenvalue weighted by atomic mass is 10.4. The molecule has 148 valence electrons. The molecule has 2 aromatic carbocycles. The van der Waals surface area contributed by atoms with Gasteiger partial charge in [0, 0.05) is 36.2 Å². The van der Waals surface area contributed by atoms with Crippen LogP contribution in [-0.4, -0.2) is 24.4 Å². The number of aryl methyl sites for hydroxylation is 2. The molecule has 0 aliphatic rings. The second-order valence-corrected chi connectivity index (χ2v) is 8.71. The summed E-state index contributed by atoms with van der Waals surface area (Å²) in [5.41, 5.74) is 0.185. The molecule has 0 fully saturated rings. The summed E-state index contributed by atoms with van der Waals surface area (Å²) in [5.74, 6) is 0.782. The van der Waals surface area contributed by atoms with Crippen molar-refractivity contribution in [3.63, 3.8) is 0 Å². The highest BCUT2D eigenvalue weighted by Gasteiger charge is 2.19. The number of benzene rings is 2. The minimum atomic E-state index is -0.373. The van der Waals surface area contributed by atoms with Crippen molar-refractivity contribution in [2.24, 2.45) is 14.1 Å². The van der Waals surface area contributed by atoms with E-state index in [0.29, 0.717) is 22.9 Å². The first kappa shape index (κ1) is 19.6. The highest BCUT2D eigenvalue weighted by molar-refractivity contribution is 7.99. The Morgan fingerprint density at radius 2 is 1.48 bits per heavy atom. The maximum absolute atomic E-state index is 12.9. The van der Waals surface area contributed by atoms with Gasteiger partial charge < -0.3 is 4.57 Å². The fraction of sp³-hybridized carbons (Fsp3) is 0.190. The number of fused-ring (bicyclic) bond motifs is 1. The monoisotopic (exact) mass is 424 g/mol. The smallest absolute Gasteiger partial charge is 0.312 e. The molecule has 4 aromatic rings. The van der Waals surface area contributed by atoms with Gasteiger partial charge in [-0.1, -0.05) is 48.2 Å². The third-order valence-corrected chi connectivity index (χ3v) is 6.59. The van der Waals surface area contributed by atoms with Crippen molar-refractivity contribution in [3.8, 4) is 0 Å². The van der Waals surface area contributed by atoms with E-state index in [-0.39, 0.29) is 11.2 Å². The summed E-state index contributed by atoms with van der Waals surface area (Å²) in [6.07, 6.45) is 0. The molecule has 0 N–H and O–H groups in total. The highest BCUT2D eigenvalue weighted by atomic mass is 32.2. The van der Waals surface area contributed by atoms with Crippen LogP contribution in [0.2, 0.25) is 0 Å². The largest absolute Gasteiger partial charge is 0.332 e. The van der Waals surface area contributed by atoms with Crippen molar-refractivity contribution in [1.82, 2.24) is 18.7 Å². The Morgan fingerprint density at radius 3 is 2.14 bits per heavy atom. The minimum absolute atomic E-state index is 0.319. The molecule has 0 saturated carbocycles. The first-order valence-electron chi connectivity index (χ1n) is 9.13. The molecule has 8 heteroatoms. The molecule has 0 spiro atoms. The Hall–Kier alpha value is -2.71. The van der Waals surface area contributed by atoms with E-state index in [0.717, 1.165) is 15.2 Å². The Labute approximate surface area is 176 Å². The molecule has 0 atom stereocenters. The van der Waals surface area contributed by atoms with Crippen LogP contribution in [0.4, 0.5) is 0 Å². The topological polar surface area (TPSA) is 61.8 Å². The van der Waals surface area contributed by atoms with Gasteiger partial charge in [-0.15, -0.1) is 11.8 Å². The van der Waals surface area contributed by atoms with Crippen LogP contribution in [0.15, 0.2) is 85.2 Å². The molecule has 6 nitrogen and oxygen atoms in total. The van der Waals surface area contributed by atoms with E-state index in [4.69, 9.17) is 0 Å². The Kier molecular flexibility index (Phi) is 5.64. The van der Waals surface area contributed by atoms with Crippen molar-refractivity contribution < 1.29 is 0 Å². The summed E-state index contributed by atoms with van der Waals surface area (Å²) in [5, 5.41) is 0.707. The first-order valence-corrected chi connectivity index (χ1v) is 10.9. The Bertz CT molecular complexity index is 1260. The predicted molar refractivity (Wildman–Crippen MR) is 118 cm³/mol. The molecule has 0 amide bonds. The van der Waals surface area contributed by atoms with Gasteiger partial charge in [-0.05, 0) is 24.3 Å². The van der Waals surface area contributed by atoms with Gasteiger partial charge in [0.25, 0.3) is 5.56 Å². The highest BCUT2D eigenvalue weighted by Crippen LogP contribution is 2.29. The van der Waals surface area contributed by atoms with Crippen molar-refractivity contribution >= 4 is 34.7 Å². The van der Waals surface area contributed by atoms with Crippen LogP contribution in [0.3, 0.4) is 0 Å². The van der Waals surface area contributed by atoms with Crippen LogP contribution in [0.25, 0.3) is 11.2 Å². The van der Waals surface area contributed by atoms with Gasteiger partial charge in [0.05, 0.1) is 0 Å². The molecule has 2 heterocycles. The van der Waals surface area contributed by atoms with Crippen LogP contribution in [0.5, 0.6) is 0 Å². The summed E-state index contributed by atoms with van der Waals surface area (Å²) >= 11 is 3.22. The van der Waals surface area contributed by atoms with Crippen LogP contribution in [0, 0.1) is 0 Å². The molecule has 0 bridgehead atoms. The number of thioether (sulfide) groups is 1. The number of nitrogens with zero attached hydrogens (tertiary/aromatic N) is 4. The van der Waals surface area contributed by atoms with E-state index in [1.165, 1.54) is 28.3 Å². The average Bonchev–Trinajstić information content (AvgIpc) is 3.10. The van der Waals surface area contributed by atoms with E-state index in [2.05, 4.69) is 17.1 Å². The summed E-state index contributed by atoms with van der Waals surface area (Å²) in [6.45, 7) is 0.610. The second kappa shape index (κ2) is 8.34. The SMILES string of the molecule is Cn1c(=O)c2c(nc(Sc3ccccc3)n2CCSc2ccccc2)n(C)c1=O. The number of hydrogen-bond acceptors (Lipinski definition) is 5. The molecule has 2 aromatic heterocycles. The van der Waals surface area contributed by atoms with Gasteiger partial charge >= 0.3 is 5.69 Å². The molecule has 0 radical (unpaired) electrons. The van der Waals surface area contributed by atoms with E-state index < -0.39 is 0 Å².